The summed E-state index contributed by atoms with van der Waals surface area (Å²) in [4.78, 5) is 4.90. The number of pyridine rings is 1. The molecule has 1 heterocycles. The van der Waals surface area contributed by atoms with Crippen LogP contribution < -0.4 is 0 Å². The van der Waals surface area contributed by atoms with Crippen molar-refractivity contribution in [2.75, 3.05) is 0 Å². The van der Waals surface area contributed by atoms with Gasteiger partial charge in [-0.2, -0.15) is 0 Å². The number of benzene rings is 8. The van der Waals surface area contributed by atoms with Crippen LogP contribution in [0.4, 0.5) is 0 Å². The lowest BCUT2D eigenvalue weighted by atomic mass is 9.90. The van der Waals surface area contributed by atoms with Crippen molar-refractivity contribution >= 4 is 86.2 Å². The zero-order valence-corrected chi connectivity index (χ0v) is 26.7. The number of nitrogens with zero attached hydrogens (tertiary/aromatic N) is 1. The number of rotatable bonds is 2. The minimum atomic E-state index is 1.00. The minimum absolute atomic E-state index is 1.00. The summed E-state index contributed by atoms with van der Waals surface area (Å²) in [6, 6.07) is 49.9. The van der Waals surface area contributed by atoms with E-state index in [9.17, 15) is 0 Å². The predicted octanol–water partition coefficient (Wildman–Crippen LogP) is 13.1. The summed E-state index contributed by atoms with van der Waals surface area (Å²) in [6.07, 6.45) is 1.91. The van der Waals surface area contributed by atoms with Crippen LogP contribution in [0.3, 0.4) is 0 Å². The molecule has 0 saturated carbocycles. The number of fused-ring (bicyclic) bond motifs is 10. The Labute approximate surface area is 277 Å². The summed E-state index contributed by atoms with van der Waals surface area (Å²) in [5.74, 6) is 0. The van der Waals surface area contributed by atoms with Crippen LogP contribution in [0.1, 0.15) is 11.1 Å². The molecule has 11 aromatic rings. The highest BCUT2D eigenvalue weighted by Crippen LogP contribution is 2.49. The van der Waals surface area contributed by atoms with Crippen LogP contribution in [0.2, 0.25) is 0 Å². The second kappa shape index (κ2) is 9.27. The van der Waals surface area contributed by atoms with E-state index in [-0.39, 0.29) is 0 Å². The highest BCUT2D eigenvalue weighted by atomic mass is 14.7. The lowest BCUT2D eigenvalue weighted by Gasteiger charge is -2.14. The van der Waals surface area contributed by atoms with E-state index in [0.29, 0.717) is 0 Å². The molecule has 1 aromatic heterocycles. The first-order valence-corrected chi connectivity index (χ1v) is 16.8. The molecule has 0 aliphatic carbocycles. The van der Waals surface area contributed by atoms with Gasteiger partial charge >= 0.3 is 0 Å². The Balaban J connectivity index is 1.34. The third-order valence-electron chi connectivity index (χ3n) is 11.0. The van der Waals surface area contributed by atoms with Crippen LogP contribution in [0.5, 0.6) is 0 Å². The summed E-state index contributed by atoms with van der Waals surface area (Å²) < 4.78 is 0. The monoisotopic (exact) mass is 607 g/mol. The zero-order valence-electron chi connectivity index (χ0n) is 26.7. The normalized spacial score (nSPS) is 12.4. The van der Waals surface area contributed by atoms with Gasteiger partial charge < -0.3 is 0 Å². The zero-order chi connectivity index (χ0) is 31.7. The highest BCUT2D eigenvalue weighted by molar-refractivity contribution is 6.39. The fraction of sp³-hybridized carbons (Fsp3) is 0.0426. The fourth-order valence-electron chi connectivity index (χ4n) is 9.03. The molecule has 0 N–H and O–H groups in total. The molecule has 11 rings (SSSR count). The summed E-state index contributed by atoms with van der Waals surface area (Å²) in [7, 11) is 0. The lowest BCUT2D eigenvalue weighted by Crippen LogP contribution is -1.89. The maximum absolute atomic E-state index is 4.90. The molecule has 0 aliphatic rings. The molecule has 10 aromatic carbocycles. The van der Waals surface area contributed by atoms with Gasteiger partial charge in [0, 0.05) is 11.8 Å². The Morgan fingerprint density at radius 1 is 0.333 bits per heavy atom. The van der Waals surface area contributed by atoms with Crippen LogP contribution in [0.25, 0.3) is 109 Å². The van der Waals surface area contributed by atoms with Crippen molar-refractivity contribution in [2.24, 2.45) is 0 Å². The van der Waals surface area contributed by atoms with E-state index in [4.69, 9.17) is 4.98 Å². The van der Waals surface area contributed by atoms with Gasteiger partial charge in [-0.25, -0.2) is 0 Å². The average Bonchev–Trinajstić information content (AvgIpc) is 3.62. The quantitative estimate of drug-likeness (QED) is 0.178. The third kappa shape index (κ3) is 3.28. The Morgan fingerprint density at radius 3 is 1.56 bits per heavy atom. The second-order valence-electron chi connectivity index (χ2n) is 13.5. The molecule has 0 atom stereocenters. The van der Waals surface area contributed by atoms with E-state index >= 15 is 0 Å². The maximum atomic E-state index is 4.90. The molecular formula is C47H29N. The number of aromatic nitrogens is 1. The van der Waals surface area contributed by atoms with Gasteiger partial charge in [0.1, 0.15) is 0 Å². The van der Waals surface area contributed by atoms with Gasteiger partial charge in [-0.1, -0.05) is 97.1 Å². The summed E-state index contributed by atoms with van der Waals surface area (Å²) in [5, 5.41) is 21.0. The van der Waals surface area contributed by atoms with Crippen molar-refractivity contribution in [3.8, 4) is 22.4 Å². The lowest BCUT2D eigenvalue weighted by molar-refractivity contribution is 1.34. The largest absolute Gasteiger partial charge is 0.256 e. The molecule has 0 fully saturated rings. The van der Waals surface area contributed by atoms with E-state index in [1.54, 1.807) is 0 Å². The van der Waals surface area contributed by atoms with Gasteiger partial charge in [-0.05, 0) is 159 Å². The minimum Gasteiger partial charge on any atom is -0.256 e. The van der Waals surface area contributed by atoms with Gasteiger partial charge in [-0.15, -0.1) is 0 Å². The molecule has 0 bridgehead atoms. The van der Waals surface area contributed by atoms with Gasteiger partial charge in [0.2, 0.25) is 0 Å². The predicted molar refractivity (Wildman–Crippen MR) is 207 cm³/mol. The van der Waals surface area contributed by atoms with Crippen LogP contribution in [0.15, 0.2) is 140 Å². The number of hydrogen-bond donors (Lipinski definition) is 0. The number of hydrogen-bond acceptors (Lipinski definition) is 1. The summed E-state index contributed by atoms with van der Waals surface area (Å²) >= 11 is 0. The number of aryl methyl sites for hydroxylation is 2. The molecule has 1 heteroatoms. The van der Waals surface area contributed by atoms with E-state index < -0.39 is 0 Å². The van der Waals surface area contributed by atoms with E-state index in [2.05, 4.69) is 141 Å². The Hall–Kier alpha value is -6.05. The van der Waals surface area contributed by atoms with E-state index in [0.717, 1.165) is 5.69 Å². The smallest absolute Gasteiger partial charge is 0.0708 e. The third-order valence-corrected chi connectivity index (χ3v) is 11.0. The molecule has 1 nitrogen and oxygen atoms in total. The molecule has 0 radical (unpaired) electrons. The van der Waals surface area contributed by atoms with E-state index in [1.165, 1.54) is 114 Å². The van der Waals surface area contributed by atoms with Crippen molar-refractivity contribution in [1.82, 2.24) is 4.98 Å². The van der Waals surface area contributed by atoms with Crippen LogP contribution >= 0.6 is 0 Å². The van der Waals surface area contributed by atoms with E-state index in [1.807, 2.05) is 12.3 Å². The first kappa shape index (κ1) is 26.1. The summed E-state index contributed by atoms with van der Waals surface area (Å²) in [6.45, 7) is 4.46. The van der Waals surface area contributed by atoms with Gasteiger partial charge in [0.05, 0.1) is 5.69 Å². The fourth-order valence-corrected chi connectivity index (χ4v) is 9.03. The molecule has 0 saturated heterocycles. The van der Waals surface area contributed by atoms with Crippen LogP contribution in [-0.4, -0.2) is 4.98 Å². The standard InChI is InChI=1S/C47H29N/c1-26-10-7-11-27(2)45(26)34-19-20-35-37-22-39-40-25-43-29-13-4-3-12-28(29)30-14-8-17-33(47(30)43)38(40)24-42(44-18-5-6-21-48-44)41(39)23-36(37)32-16-9-15-31(34)46(32)35/h3-25H,1-2H3. The average molecular weight is 608 g/mol. The molecular weight excluding hydrogens is 579 g/mol. The topological polar surface area (TPSA) is 12.9 Å². The van der Waals surface area contributed by atoms with Crippen molar-refractivity contribution in [1.29, 1.82) is 0 Å². The van der Waals surface area contributed by atoms with Gasteiger partial charge in [0.25, 0.3) is 0 Å². The van der Waals surface area contributed by atoms with Crippen molar-refractivity contribution in [3.05, 3.63) is 151 Å². The van der Waals surface area contributed by atoms with Gasteiger partial charge in [0.15, 0.2) is 0 Å². The Morgan fingerprint density at radius 2 is 0.833 bits per heavy atom. The Kier molecular flexibility index (Phi) is 5.04. The van der Waals surface area contributed by atoms with Crippen molar-refractivity contribution in [2.45, 2.75) is 13.8 Å². The van der Waals surface area contributed by atoms with Gasteiger partial charge in [-0.3, -0.25) is 4.98 Å². The summed E-state index contributed by atoms with van der Waals surface area (Å²) in [5.41, 5.74) is 7.46. The van der Waals surface area contributed by atoms with Crippen molar-refractivity contribution in [3.63, 3.8) is 0 Å². The molecule has 0 spiro atoms. The van der Waals surface area contributed by atoms with Crippen molar-refractivity contribution < 1.29 is 0 Å². The van der Waals surface area contributed by atoms with Crippen LogP contribution in [-0.2, 0) is 0 Å². The SMILES string of the molecule is Cc1cccc(C)c1-c1ccc2c3cc4c(cc3c3cccc1c32)c(-c1ccccn1)cc1c4cc2c3ccccc3c3cccc1c32. The van der Waals surface area contributed by atoms with Crippen LogP contribution in [0, 0.1) is 13.8 Å². The molecule has 0 amide bonds. The first-order valence-electron chi connectivity index (χ1n) is 16.8. The second-order valence-corrected chi connectivity index (χ2v) is 13.5. The molecule has 222 valence electrons. The molecule has 48 heavy (non-hydrogen) atoms. The molecule has 0 unspecified atom stereocenters. The highest BCUT2D eigenvalue weighted by Gasteiger charge is 2.21. The first-order chi connectivity index (χ1) is 23.7. The maximum Gasteiger partial charge on any atom is 0.0708 e. The molecule has 0 aliphatic heterocycles. The Bertz CT molecular complexity index is 3090.